The molecule has 2 fully saturated rings. The second kappa shape index (κ2) is 8.01. The summed E-state index contributed by atoms with van der Waals surface area (Å²) in [6.45, 7) is 7.75. The predicted molar refractivity (Wildman–Crippen MR) is 96.0 cm³/mol. The van der Waals surface area contributed by atoms with Crippen LogP contribution in [0.25, 0.3) is 0 Å². The smallest absolute Gasteiger partial charge is 0.322 e. The third-order valence-electron chi connectivity index (χ3n) is 4.81. The zero-order valence-corrected chi connectivity index (χ0v) is 15.3. The number of pyridine rings is 1. The second-order valence-electron chi connectivity index (χ2n) is 6.96. The summed E-state index contributed by atoms with van der Waals surface area (Å²) in [6, 6.07) is 3.75. The van der Waals surface area contributed by atoms with Crippen molar-refractivity contribution in [3.8, 4) is 5.88 Å². The van der Waals surface area contributed by atoms with Crippen molar-refractivity contribution in [2.75, 3.05) is 38.6 Å². The molecule has 7 heteroatoms. The van der Waals surface area contributed by atoms with Gasteiger partial charge in [-0.1, -0.05) is 0 Å². The molecular weight excluding hydrogens is 320 g/mol. The molecule has 1 aromatic rings. The van der Waals surface area contributed by atoms with Gasteiger partial charge in [-0.25, -0.2) is 9.78 Å². The van der Waals surface area contributed by atoms with Crippen LogP contribution in [0.1, 0.15) is 26.7 Å². The van der Waals surface area contributed by atoms with Crippen LogP contribution in [0.2, 0.25) is 0 Å². The number of hydrogen-bond acceptors (Lipinski definition) is 5. The van der Waals surface area contributed by atoms with Gasteiger partial charge in [0.2, 0.25) is 5.88 Å². The Kier molecular flexibility index (Phi) is 5.75. The molecule has 0 spiro atoms. The van der Waals surface area contributed by atoms with E-state index in [1.165, 1.54) is 0 Å². The zero-order valence-electron chi connectivity index (χ0n) is 15.3. The fourth-order valence-corrected chi connectivity index (χ4v) is 3.86. The van der Waals surface area contributed by atoms with E-state index in [1.54, 1.807) is 25.4 Å². The monoisotopic (exact) mass is 348 g/mol. The highest BCUT2D eigenvalue weighted by molar-refractivity contribution is 5.90. The van der Waals surface area contributed by atoms with Gasteiger partial charge in [-0.15, -0.1) is 0 Å². The average Bonchev–Trinajstić information content (AvgIpc) is 3.02. The van der Waals surface area contributed by atoms with Crippen molar-refractivity contribution in [3.05, 3.63) is 18.3 Å². The molecule has 2 aliphatic heterocycles. The number of urea groups is 1. The van der Waals surface area contributed by atoms with Crippen LogP contribution < -0.4 is 10.1 Å². The van der Waals surface area contributed by atoms with Crippen LogP contribution in [-0.2, 0) is 4.74 Å². The zero-order chi connectivity index (χ0) is 17.8. The number of hydrogen-bond donors (Lipinski definition) is 1. The molecule has 2 amide bonds. The van der Waals surface area contributed by atoms with Crippen LogP contribution in [-0.4, -0.2) is 72.4 Å². The van der Waals surface area contributed by atoms with Crippen molar-refractivity contribution in [1.82, 2.24) is 14.8 Å². The molecule has 0 aliphatic carbocycles. The first-order valence-electron chi connectivity index (χ1n) is 9.01. The van der Waals surface area contributed by atoms with Crippen LogP contribution >= 0.6 is 0 Å². The van der Waals surface area contributed by atoms with Gasteiger partial charge in [0.1, 0.15) is 5.69 Å². The number of anilines is 1. The first-order valence-corrected chi connectivity index (χ1v) is 9.01. The van der Waals surface area contributed by atoms with Crippen LogP contribution in [0.3, 0.4) is 0 Å². The fraction of sp³-hybridized carbons (Fsp3) is 0.667. The number of nitrogens with one attached hydrogen (secondary N) is 1. The number of amides is 2. The minimum atomic E-state index is -0.0804. The molecule has 2 aliphatic rings. The number of morpholine rings is 1. The minimum Gasteiger partial charge on any atom is -0.480 e. The van der Waals surface area contributed by atoms with E-state index in [-0.39, 0.29) is 24.3 Å². The van der Waals surface area contributed by atoms with Crippen molar-refractivity contribution in [2.24, 2.45) is 0 Å². The highest BCUT2D eigenvalue weighted by Gasteiger charge is 2.32. The third kappa shape index (κ3) is 4.41. The molecule has 2 saturated heterocycles. The predicted octanol–water partition coefficient (Wildman–Crippen LogP) is 2.20. The number of rotatable bonds is 4. The van der Waals surface area contributed by atoms with E-state index in [0.29, 0.717) is 11.6 Å². The summed E-state index contributed by atoms with van der Waals surface area (Å²) in [6.07, 6.45) is 4.21. The Morgan fingerprint density at radius 1 is 1.40 bits per heavy atom. The minimum absolute atomic E-state index is 0.0804. The van der Waals surface area contributed by atoms with Gasteiger partial charge >= 0.3 is 6.03 Å². The molecule has 1 aromatic heterocycles. The van der Waals surface area contributed by atoms with Crippen molar-refractivity contribution in [1.29, 1.82) is 0 Å². The van der Waals surface area contributed by atoms with Crippen LogP contribution in [0.5, 0.6) is 5.88 Å². The van der Waals surface area contributed by atoms with E-state index >= 15 is 0 Å². The lowest BCUT2D eigenvalue weighted by Gasteiger charge is -2.38. The maximum atomic E-state index is 12.8. The highest BCUT2D eigenvalue weighted by Crippen LogP contribution is 2.24. The quantitative estimate of drug-likeness (QED) is 0.903. The number of carbonyl (C=O) groups excluding carboxylic acids is 1. The Morgan fingerprint density at radius 2 is 2.16 bits per heavy atom. The summed E-state index contributed by atoms with van der Waals surface area (Å²) < 4.78 is 11.0. The SMILES string of the molecule is COc1ncccc1NC(=O)N1CCC[C@@H]1CN1C[C@@H](C)O[C@@H](C)C1. The standard InChI is InChI=1S/C18H28N4O3/c1-13-10-21(11-14(2)25-13)12-15-6-5-9-22(15)18(23)20-16-7-4-8-19-17(16)24-3/h4,7-8,13-15H,5-6,9-12H2,1-3H3,(H,20,23)/t13-,14+,15-/m1/s1. The fourth-order valence-electron chi connectivity index (χ4n) is 3.86. The molecule has 3 heterocycles. The average molecular weight is 348 g/mol. The third-order valence-corrected chi connectivity index (χ3v) is 4.81. The summed E-state index contributed by atoms with van der Waals surface area (Å²) in [5.74, 6) is 0.433. The first-order chi connectivity index (χ1) is 12.1. The molecular formula is C18H28N4O3. The second-order valence-corrected chi connectivity index (χ2v) is 6.96. The normalized spacial score (nSPS) is 27.3. The lowest BCUT2D eigenvalue weighted by Crippen LogP contribution is -2.51. The molecule has 3 atom stereocenters. The molecule has 7 nitrogen and oxygen atoms in total. The molecule has 25 heavy (non-hydrogen) atoms. The number of nitrogens with zero attached hydrogens (tertiary/aromatic N) is 3. The summed E-state index contributed by atoms with van der Waals surface area (Å²) in [7, 11) is 1.55. The Morgan fingerprint density at radius 3 is 2.88 bits per heavy atom. The van der Waals surface area contributed by atoms with E-state index < -0.39 is 0 Å². The molecule has 3 rings (SSSR count). The van der Waals surface area contributed by atoms with Crippen molar-refractivity contribution < 1.29 is 14.3 Å². The summed E-state index contributed by atoms with van der Waals surface area (Å²) >= 11 is 0. The number of ether oxygens (including phenoxy) is 2. The largest absolute Gasteiger partial charge is 0.480 e. The summed E-state index contributed by atoms with van der Waals surface area (Å²) in [4.78, 5) is 21.2. The summed E-state index contributed by atoms with van der Waals surface area (Å²) in [5.41, 5.74) is 0.606. The van der Waals surface area contributed by atoms with Crippen LogP contribution in [0.15, 0.2) is 18.3 Å². The van der Waals surface area contributed by atoms with Gasteiger partial charge in [0, 0.05) is 38.4 Å². The maximum Gasteiger partial charge on any atom is 0.322 e. The van der Waals surface area contributed by atoms with Gasteiger partial charge in [0.15, 0.2) is 0 Å². The van der Waals surface area contributed by atoms with Gasteiger partial charge in [-0.05, 0) is 38.8 Å². The molecule has 0 radical (unpaired) electrons. The van der Waals surface area contributed by atoms with E-state index in [4.69, 9.17) is 9.47 Å². The lowest BCUT2D eigenvalue weighted by atomic mass is 10.1. The highest BCUT2D eigenvalue weighted by atomic mass is 16.5. The van der Waals surface area contributed by atoms with Gasteiger partial charge in [-0.2, -0.15) is 0 Å². The maximum absolute atomic E-state index is 12.8. The Hall–Kier alpha value is -1.86. The Balaban J connectivity index is 1.61. The number of methoxy groups -OCH3 is 1. The number of carbonyl (C=O) groups is 1. The number of likely N-dealkylation sites (tertiary alicyclic amines) is 1. The Bertz CT molecular complexity index is 587. The van der Waals surface area contributed by atoms with E-state index in [9.17, 15) is 4.79 Å². The van der Waals surface area contributed by atoms with Gasteiger partial charge < -0.3 is 19.7 Å². The van der Waals surface area contributed by atoms with E-state index in [0.717, 1.165) is 39.0 Å². The van der Waals surface area contributed by atoms with E-state index in [1.807, 2.05) is 4.90 Å². The molecule has 1 N–H and O–H groups in total. The van der Waals surface area contributed by atoms with Gasteiger partial charge in [0.25, 0.3) is 0 Å². The van der Waals surface area contributed by atoms with Crippen LogP contribution in [0.4, 0.5) is 10.5 Å². The van der Waals surface area contributed by atoms with Crippen molar-refractivity contribution in [2.45, 2.75) is 44.9 Å². The topological polar surface area (TPSA) is 66.9 Å². The van der Waals surface area contributed by atoms with Gasteiger partial charge in [-0.3, -0.25) is 4.90 Å². The molecule has 0 aromatic carbocycles. The lowest BCUT2D eigenvalue weighted by molar-refractivity contribution is -0.0712. The van der Waals surface area contributed by atoms with Crippen molar-refractivity contribution >= 4 is 11.7 Å². The van der Waals surface area contributed by atoms with Crippen molar-refractivity contribution in [3.63, 3.8) is 0 Å². The first kappa shape index (κ1) is 17.9. The van der Waals surface area contributed by atoms with Crippen LogP contribution in [0, 0.1) is 0 Å². The molecule has 0 bridgehead atoms. The number of aromatic nitrogens is 1. The van der Waals surface area contributed by atoms with E-state index in [2.05, 4.69) is 29.0 Å². The molecule has 138 valence electrons. The van der Waals surface area contributed by atoms with Gasteiger partial charge in [0.05, 0.1) is 19.3 Å². The molecule has 0 saturated carbocycles. The summed E-state index contributed by atoms with van der Waals surface area (Å²) in [5, 5.41) is 2.94. The molecule has 0 unspecified atom stereocenters. The Labute approximate surface area is 149 Å².